The lowest BCUT2D eigenvalue weighted by Gasteiger charge is -2.37. The molecule has 0 fully saturated rings. The number of hydrogen-bond acceptors (Lipinski definition) is 8. The Hall–Kier alpha value is -4.15. The minimum atomic E-state index is -5.88. The average molecular weight is 520 g/mol. The fourth-order valence-corrected chi connectivity index (χ4v) is 4.75. The molecule has 0 aromatic heterocycles. The number of ether oxygens (including phenoxy) is 2. The van der Waals surface area contributed by atoms with Gasteiger partial charge in [0.1, 0.15) is 17.2 Å². The lowest BCUT2D eigenvalue weighted by molar-refractivity contribution is -0.191. The number of halogens is 3. The van der Waals surface area contributed by atoms with E-state index in [2.05, 4.69) is 4.18 Å². The Kier molecular flexibility index (Phi) is 5.90. The summed E-state index contributed by atoms with van der Waals surface area (Å²) in [5, 5.41) is 0. The number of benzene rings is 3. The molecule has 5 rings (SSSR count). The minimum Gasteiger partial charge on any atom is -0.456 e. The van der Waals surface area contributed by atoms with Gasteiger partial charge in [0.2, 0.25) is 0 Å². The van der Waals surface area contributed by atoms with Gasteiger partial charge in [0, 0.05) is 22.8 Å². The zero-order chi connectivity index (χ0) is 26.5. The van der Waals surface area contributed by atoms with Crippen LogP contribution in [-0.2, 0) is 30.0 Å². The maximum atomic E-state index is 12.9. The lowest BCUT2D eigenvalue weighted by Crippen LogP contribution is -2.33. The van der Waals surface area contributed by atoms with Gasteiger partial charge in [0.15, 0.2) is 5.60 Å². The van der Waals surface area contributed by atoms with Crippen molar-refractivity contribution in [2.45, 2.75) is 25.0 Å². The van der Waals surface area contributed by atoms with E-state index in [0.717, 1.165) is 23.3 Å². The van der Waals surface area contributed by atoms with Crippen LogP contribution in [0.15, 0.2) is 54.6 Å². The molecule has 0 aliphatic carbocycles. The SMILES string of the molecule is Cc1ccc2c(c1)Oc1cc(OS(=O)(=O)C(F)(F)F)ccc1C21OC(=O)c2cccc(C)c21.O=C=O. The summed E-state index contributed by atoms with van der Waals surface area (Å²) >= 11 is 0. The Labute approximate surface area is 202 Å². The molecule has 0 amide bonds. The summed E-state index contributed by atoms with van der Waals surface area (Å²) in [5.74, 6) is -0.825. The van der Waals surface area contributed by atoms with Crippen LogP contribution in [0.1, 0.15) is 38.2 Å². The van der Waals surface area contributed by atoms with Gasteiger partial charge in [-0.15, -0.1) is 0 Å². The molecule has 1 unspecified atom stereocenters. The number of fused-ring (bicyclic) bond motifs is 6. The number of carbonyl (C=O) groups excluding carboxylic acids is 3. The number of hydrogen-bond donors (Lipinski definition) is 0. The molecule has 12 heteroatoms. The van der Waals surface area contributed by atoms with Gasteiger partial charge >= 0.3 is 27.7 Å². The molecule has 0 radical (unpaired) electrons. The van der Waals surface area contributed by atoms with Gasteiger partial charge in [-0.25, -0.2) is 4.79 Å². The Bertz CT molecular complexity index is 1540. The highest BCUT2D eigenvalue weighted by Gasteiger charge is 2.54. The average Bonchev–Trinajstić information content (AvgIpc) is 3.07. The lowest BCUT2D eigenvalue weighted by atomic mass is 9.76. The van der Waals surface area contributed by atoms with E-state index >= 15 is 0 Å². The standard InChI is InChI=1S/C23H15F3O6S.CO2/c1-12-6-8-16-18(10-12)30-19-11-14(32-33(28,29)23(24,25)26)7-9-17(19)22(16)20-13(2)4-3-5-15(20)21(27)31-22;2-1-3/h3-11H,1-2H3;. The highest BCUT2D eigenvalue weighted by molar-refractivity contribution is 7.88. The number of esters is 1. The zero-order valence-electron chi connectivity index (χ0n) is 18.5. The van der Waals surface area contributed by atoms with E-state index in [1.165, 1.54) is 6.07 Å². The molecule has 0 saturated heterocycles. The van der Waals surface area contributed by atoms with Gasteiger partial charge in [0.25, 0.3) is 0 Å². The normalized spacial score (nSPS) is 17.4. The fourth-order valence-electron chi connectivity index (χ4n) is 4.30. The molecular weight excluding hydrogens is 505 g/mol. The first-order chi connectivity index (χ1) is 16.9. The second kappa shape index (κ2) is 8.51. The molecule has 3 aromatic rings. The van der Waals surface area contributed by atoms with Crippen LogP contribution in [0.25, 0.3) is 0 Å². The van der Waals surface area contributed by atoms with Crippen molar-refractivity contribution in [2.24, 2.45) is 0 Å². The molecule has 0 saturated carbocycles. The number of aryl methyl sites for hydroxylation is 2. The molecule has 8 nitrogen and oxygen atoms in total. The predicted molar refractivity (Wildman–Crippen MR) is 115 cm³/mol. The van der Waals surface area contributed by atoms with Crippen molar-refractivity contribution in [3.05, 3.63) is 88.0 Å². The first-order valence-corrected chi connectivity index (χ1v) is 11.5. The molecule has 1 atom stereocenters. The Morgan fingerprint density at radius 3 is 2.19 bits per heavy atom. The topological polar surface area (TPSA) is 113 Å². The number of carbonyl (C=O) groups is 1. The van der Waals surface area contributed by atoms with Crippen molar-refractivity contribution in [2.75, 3.05) is 0 Å². The van der Waals surface area contributed by atoms with Gasteiger partial charge in [-0.3, -0.25) is 0 Å². The molecular formula is C24H15F3O8S. The molecule has 2 aliphatic heterocycles. The van der Waals surface area contributed by atoms with Crippen molar-refractivity contribution < 1.29 is 49.6 Å². The third kappa shape index (κ3) is 3.80. The van der Waals surface area contributed by atoms with Crippen molar-refractivity contribution >= 4 is 22.2 Å². The van der Waals surface area contributed by atoms with Gasteiger partial charge < -0.3 is 13.7 Å². The third-order valence-corrected chi connectivity index (χ3v) is 6.63. The molecule has 0 bridgehead atoms. The van der Waals surface area contributed by atoms with Gasteiger partial charge in [0.05, 0.1) is 5.56 Å². The van der Waals surface area contributed by atoms with Crippen LogP contribution in [0.4, 0.5) is 13.2 Å². The Morgan fingerprint density at radius 2 is 1.56 bits per heavy atom. The Balaban J connectivity index is 0.000000967. The van der Waals surface area contributed by atoms with E-state index in [-0.39, 0.29) is 11.9 Å². The van der Waals surface area contributed by atoms with E-state index in [4.69, 9.17) is 19.1 Å². The van der Waals surface area contributed by atoms with Crippen molar-refractivity contribution in [1.82, 2.24) is 0 Å². The summed E-state index contributed by atoms with van der Waals surface area (Å²) in [7, 11) is -5.88. The summed E-state index contributed by atoms with van der Waals surface area (Å²) in [6.45, 7) is 3.64. The van der Waals surface area contributed by atoms with Crippen LogP contribution in [-0.4, -0.2) is 26.0 Å². The van der Waals surface area contributed by atoms with Crippen LogP contribution in [0.5, 0.6) is 17.2 Å². The van der Waals surface area contributed by atoms with Crippen LogP contribution < -0.4 is 8.92 Å². The second-order valence-electron chi connectivity index (χ2n) is 7.89. The van der Waals surface area contributed by atoms with Crippen molar-refractivity contribution in [1.29, 1.82) is 0 Å². The van der Waals surface area contributed by atoms with Gasteiger partial charge in [-0.1, -0.05) is 24.3 Å². The fraction of sp³-hybridized carbons (Fsp3) is 0.167. The highest BCUT2D eigenvalue weighted by atomic mass is 32.2. The van der Waals surface area contributed by atoms with E-state index in [9.17, 15) is 26.4 Å². The molecule has 0 N–H and O–H groups in total. The van der Waals surface area contributed by atoms with E-state index in [0.29, 0.717) is 28.0 Å². The second-order valence-corrected chi connectivity index (χ2v) is 9.43. The van der Waals surface area contributed by atoms with E-state index in [1.807, 2.05) is 26.0 Å². The summed E-state index contributed by atoms with van der Waals surface area (Å²) in [4.78, 5) is 29.1. The van der Waals surface area contributed by atoms with Crippen LogP contribution >= 0.6 is 0 Å². The summed E-state index contributed by atoms with van der Waals surface area (Å²) in [6.07, 6.45) is 0.250. The summed E-state index contributed by atoms with van der Waals surface area (Å²) in [5.41, 5.74) is -3.61. The van der Waals surface area contributed by atoms with E-state index in [1.54, 1.807) is 24.3 Å². The summed E-state index contributed by atoms with van der Waals surface area (Å²) < 4.78 is 77.5. The molecule has 186 valence electrons. The predicted octanol–water partition coefficient (Wildman–Crippen LogP) is 4.52. The smallest absolute Gasteiger partial charge is 0.456 e. The first-order valence-electron chi connectivity index (χ1n) is 10.1. The number of alkyl halides is 3. The van der Waals surface area contributed by atoms with Crippen LogP contribution in [0.3, 0.4) is 0 Å². The summed E-state index contributed by atoms with van der Waals surface area (Å²) in [6, 6.07) is 13.9. The molecule has 2 aliphatic rings. The monoisotopic (exact) mass is 520 g/mol. The molecule has 3 aromatic carbocycles. The zero-order valence-corrected chi connectivity index (χ0v) is 19.3. The molecule has 2 heterocycles. The maximum Gasteiger partial charge on any atom is 0.534 e. The van der Waals surface area contributed by atoms with Gasteiger partial charge in [-0.05, 0) is 49.2 Å². The minimum absolute atomic E-state index is 0.00637. The molecule has 1 spiro atoms. The Morgan fingerprint density at radius 1 is 0.944 bits per heavy atom. The van der Waals surface area contributed by atoms with Crippen LogP contribution in [0, 0.1) is 13.8 Å². The largest absolute Gasteiger partial charge is 0.534 e. The third-order valence-electron chi connectivity index (χ3n) is 5.65. The van der Waals surface area contributed by atoms with E-state index < -0.39 is 32.9 Å². The highest BCUT2D eigenvalue weighted by Crippen LogP contribution is 2.57. The quantitative estimate of drug-likeness (QED) is 0.276. The number of rotatable bonds is 2. The molecule has 36 heavy (non-hydrogen) atoms. The van der Waals surface area contributed by atoms with Crippen molar-refractivity contribution in [3.63, 3.8) is 0 Å². The van der Waals surface area contributed by atoms with Crippen LogP contribution in [0.2, 0.25) is 0 Å². The van der Waals surface area contributed by atoms with Gasteiger partial charge in [-0.2, -0.15) is 31.2 Å². The van der Waals surface area contributed by atoms with Crippen molar-refractivity contribution in [3.8, 4) is 17.2 Å². The first kappa shape index (κ1) is 25.0. The maximum absolute atomic E-state index is 12.9.